The second-order valence-electron chi connectivity index (χ2n) is 6.96. The Morgan fingerprint density at radius 1 is 1.25 bits per heavy atom. The number of hydrogen-bond donors (Lipinski definition) is 1. The average molecular weight is 277 g/mol. The van der Waals surface area contributed by atoms with Crippen molar-refractivity contribution < 1.29 is 5.11 Å². The zero-order chi connectivity index (χ0) is 14.6. The maximum atomic E-state index is 10.6. The van der Waals surface area contributed by atoms with Gasteiger partial charge in [0.25, 0.3) is 0 Å². The van der Waals surface area contributed by atoms with Crippen LogP contribution in [0.15, 0.2) is 24.8 Å². The van der Waals surface area contributed by atoms with Crippen LogP contribution in [0.1, 0.15) is 58.9 Å². The van der Waals surface area contributed by atoms with Crippen LogP contribution in [0.3, 0.4) is 0 Å². The van der Waals surface area contributed by atoms with Gasteiger partial charge in [-0.25, -0.2) is 9.67 Å². The Kier molecular flexibility index (Phi) is 4.97. The minimum absolute atomic E-state index is 0.139. The zero-order valence-corrected chi connectivity index (χ0v) is 12.9. The molecule has 0 saturated heterocycles. The lowest BCUT2D eigenvalue weighted by Gasteiger charge is -2.31. The summed E-state index contributed by atoms with van der Waals surface area (Å²) in [4.78, 5) is 4.01. The lowest BCUT2D eigenvalue weighted by Crippen LogP contribution is -2.35. The standard InChI is InChI=1S/C16H27N3O/c1-16(2,3)15(20)14(19-12-17-11-18-19)10-9-13-7-5-4-6-8-13/h9-15,20H,4-8H2,1-3H3. The molecule has 1 aliphatic rings. The summed E-state index contributed by atoms with van der Waals surface area (Å²) >= 11 is 0. The van der Waals surface area contributed by atoms with E-state index in [1.807, 2.05) is 0 Å². The molecule has 1 saturated carbocycles. The molecule has 1 aromatic rings. The van der Waals surface area contributed by atoms with E-state index in [2.05, 4.69) is 43.0 Å². The number of rotatable bonds is 4. The van der Waals surface area contributed by atoms with E-state index in [1.165, 1.54) is 38.4 Å². The average Bonchev–Trinajstić information content (AvgIpc) is 2.93. The molecule has 1 aromatic heterocycles. The van der Waals surface area contributed by atoms with Gasteiger partial charge in [0, 0.05) is 0 Å². The molecule has 1 heterocycles. The molecular weight excluding hydrogens is 250 g/mol. The molecule has 112 valence electrons. The summed E-state index contributed by atoms with van der Waals surface area (Å²) in [7, 11) is 0. The van der Waals surface area contributed by atoms with Crippen LogP contribution in [0.5, 0.6) is 0 Å². The third-order valence-corrected chi connectivity index (χ3v) is 4.18. The van der Waals surface area contributed by atoms with Crippen LogP contribution < -0.4 is 0 Å². The largest absolute Gasteiger partial charge is 0.390 e. The molecule has 0 amide bonds. The van der Waals surface area contributed by atoms with Gasteiger partial charge >= 0.3 is 0 Å². The molecule has 2 rings (SSSR count). The summed E-state index contributed by atoms with van der Waals surface area (Å²) in [5.41, 5.74) is -0.187. The van der Waals surface area contributed by atoms with Crippen LogP contribution in [0, 0.1) is 11.3 Å². The number of aliphatic hydroxyl groups excluding tert-OH is 1. The number of aromatic nitrogens is 3. The van der Waals surface area contributed by atoms with Crippen LogP contribution >= 0.6 is 0 Å². The van der Waals surface area contributed by atoms with Crippen molar-refractivity contribution in [1.29, 1.82) is 0 Å². The first-order valence-corrected chi connectivity index (χ1v) is 7.69. The Bertz CT molecular complexity index is 413. The van der Waals surface area contributed by atoms with Crippen molar-refractivity contribution in [1.82, 2.24) is 14.8 Å². The minimum atomic E-state index is -0.482. The predicted molar refractivity (Wildman–Crippen MR) is 80.2 cm³/mol. The molecule has 2 unspecified atom stereocenters. The molecule has 0 spiro atoms. The van der Waals surface area contributed by atoms with E-state index in [1.54, 1.807) is 11.0 Å². The second kappa shape index (κ2) is 6.53. The summed E-state index contributed by atoms with van der Waals surface area (Å²) in [6.45, 7) is 6.15. The fraction of sp³-hybridized carbons (Fsp3) is 0.750. The van der Waals surface area contributed by atoms with Crippen LogP contribution in [0.25, 0.3) is 0 Å². The minimum Gasteiger partial charge on any atom is -0.390 e. The summed E-state index contributed by atoms with van der Waals surface area (Å²) in [5, 5.41) is 14.8. The molecule has 4 heteroatoms. The van der Waals surface area contributed by atoms with E-state index in [0.717, 1.165) is 0 Å². The first-order valence-electron chi connectivity index (χ1n) is 7.69. The number of hydrogen-bond acceptors (Lipinski definition) is 3. The molecule has 2 atom stereocenters. The van der Waals surface area contributed by atoms with E-state index >= 15 is 0 Å². The van der Waals surface area contributed by atoms with Gasteiger partial charge < -0.3 is 5.11 Å². The molecule has 0 aromatic carbocycles. The highest BCUT2D eigenvalue weighted by Crippen LogP contribution is 2.30. The summed E-state index contributed by atoms with van der Waals surface area (Å²) in [6.07, 6.45) is 13.7. The maximum absolute atomic E-state index is 10.6. The van der Waals surface area contributed by atoms with Crippen LogP contribution in [-0.2, 0) is 0 Å². The van der Waals surface area contributed by atoms with Crippen molar-refractivity contribution in [2.45, 2.75) is 65.0 Å². The van der Waals surface area contributed by atoms with Crippen LogP contribution in [0.4, 0.5) is 0 Å². The third-order valence-electron chi connectivity index (χ3n) is 4.18. The molecule has 1 aliphatic carbocycles. The van der Waals surface area contributed by atoms with Gasteiger partial charge in [0.1, 0.15) is 12.7 Å². The Labute approximate surface area is 121 Å². The van der Waals surface area contributed by atoms with E-state index in [0.29, 0.717) is 5.92 Å². The monoisotopic (exact) mass is 277 g/mol. The second-order valence-corrected chi connectivity index (χ2v) is 6.96. The highest BCUT2D eigenvalue weighted by molar-refractivity contribution is 5.01. The summed E-state index contributed by atoms with van der Waals surface area (Å²) in [5.74, 6) is 0.655. The first-order chi connectivity index (χ1) is 9.48. The van der Waals surface area contributed by atoms with Crippen molar-refractivity contribution in [3.8, 4) is 0 Å². The lowest BCUT2D eigenvalue weighted by molar-refractivity contribution is 0.0283. The van der Waals surface area contributed by atoms with E-state index in [-0.39, 0.29) is 11.5 Å². The molecule has 20 heavy (non-hydrogen) atoms. The quantitative estimate of drug-likeness (QED) is 0.859. The van der Waals surface area contributed by atoms with Crippen molar-refractivity contribution in [3.05, 3.63) is 24.8 Å². The molecule has 4 nitrogen and oxygen atoms in total. The first kappa shape index (κ1) is 15.2. The van der Waals surface area contributed by atoms with Gasteiger partial charge in [0.15, 0.2) is 0 Å². The van der Waals surface area contributed by atoms with Crippen LogP contribution in [-0.4, -0.2) is 26.0 Å². The van der Waals surface area contributed by atoms with E-state index < -0.39 is 6.10 Å². The zero-order valence-electron chi connectivity index (χ0n) is 12.9. The molecule has 0 radical (unpaired) electrons. The predicted octanol–water partition coefficient (Wildman–Crippen LogP) is 3.36. The van der Waals surface area contributed by atoms with Crippen LogP contribution in [0.2, 0.25) is 0 Å². The van der Waals surface area contributed by atoms with Crippen molar-refractivity contribution in [2.75, 3.05) is 0 Å². The van der Waals surface area contributed by atoms with E-state index in [4.69, 9.17) is 0 Å². The van der Waals surface area contributed by atoms with E-state index in [9.17, 15) is 5.11 Å². The van der Waals surface area contributed by atoms with Gasteiger partial charge in [-0.05, 0) is 24.2 Å². The van der Waals surface area contributed by atoms with Crippen molar-refractivity contribution in [2.24, 2.45) is 11.3 Å². The molecule has 0 aliphatic heterocycles. The lowest BCUT2D eigenvalue weighted by atomic mass is 9.83. The van der Waals surface area contributed by atoms with Gasteiger partial charge in [-0.15, -0.1) is 0 Å². The Balaban J connectivity index is 2.12. The van der Waals surface area contributed by atoms with Gasteiger partial charge in [-0.2, -0.15) is 5.10 Å². The molecule has 1 fully saturated rings. The third kappa shape index (κ3) is 3.92. The van der Waals surface area contributed by atoms with Crippen molar-refractivity contribution in [3.63, 3.8) is 0 Å². The smallest absolute Gasteiger partial charge is 0.137 e. The van der Waals surface area contributed by atoms with Gasteiger partial charge in [0.2, 0.25) is 0 Å². The fourth-order valence-electron chi connectivity index (χ4n) is 2.82. The molecule has 1 N–H and O–H groups in total. The Morgan fingerprint density at radius 3 is 2.50 bits per heavy atom. The highest BCUT2D eigenvalue weighted by atomic mass is 16.3. The van der Waals surface area contributed by atoms with Gasteiger partial charge in [-0.3, -0.25) is 0 Å². The maximum Gasteiger partial charge on any atom is 0.137 e. The normalized spacial score (nSPS) is 21.2. The molecular formula is C16H27N3O. The Morgan fingerprint density at radius 2 is 1.95 bits per heavy atom. The number of allylic oxidation sites excluding steroid dienone is 1. The fourth-order valence-corrected chi connectivity index (χ4v) is 2.82. The summed E-state index contributed by atoms with van der Waals surface area (Å²) < 4.78 is 1.76. The van der Waals surface area contributed by atoms with Crippen molar-refractivity contribution >= 4 is 0 Å². The highest BCUT2D eigenvalue weighted by Gasteiger charge is 2.30. The topological polar surface area (TPSA) is 50.9 Å². The van der Waals surface area contributed by atoms with Gasteiger partial charge in [0.05, 0.1) is 12.1 Å². The number of nitrogens with zero attached hydrogens (tertiary/aromatic N) is 3. The SMILES string of the molecule is CC(C)(C)C(O)C(C=CC1CCCCC1)n1cncn1. The summed E-state index contributed by atoms with van der Waals surface area (Å²) in [6, 6.07) is -0.139. The Hall–Kier alpha value is -1.16. The molecule has 0 bridgehead atoms. The van der Waals surface area contributed by atoms with Gasteiger partial charge in [-0.1, -0.05) is 52.2 Å². The number of aliphatic hydroxyl groups is 1.